The van der Waals surface area contributed by atoms with E-state index in [4.69, 9.17) is 16.9 Å². The SMILES string of the molecule is Cc1cccc(/C(N)=C(/C=N)c2ccc(F)c(-c3cnn(CCCCC(N)C=O)c3)c2)n1. The van der Waals surface area contributed by atoms with Crippen LogP contribution in [0, 0.1) is 18.2 Å². The highest BCUT2D eigenvalue weighted by Crippen LogP contribution is 2.28. The standard InChI is InChI=1S/C24H27FN6O/c1-16-5-4-7-23(30-16)24(28)21(12-26)17-8-9-22(25)20(11-17)18-13-29-31(14-18)10-3-2-6-19(27)15-32/h4-5,7-9,11-15,19,26H,2-3,6,10,27-28H2,1H3/b24-21+,26-12?. The topological polar surface area (TPSA) is 124 Å². The Hall–Kier alpha value is -3.65. The van der Waals surface area contributed by atoms with E-state index in [9.17, 15) is 9.18 Å². The Labute approximate surface area is 186 Å². The fourth-order valence-corrected chi connectivity index (χ4v) is 3.41. The molecular weight excluding hydrogens is 407 g/mol. The quantitative estimate of drug-likeness (QED) is 0.256. The number of nitrogens with zero attached hydrogens (tertiary/aromatic N) is 3. The van der Waals surface area contributed by atoms with Gasteiger partial charge in [0, 0.05) is 41.4 Å². The Bertz CT molecular complexity index is 1140. The Morgan fingerprint density at radius 2 is 2.09 bits per heavy atom. The van der Waals surface area contributed by atoms with E-state index in [0.717, 1.165) is 31.0 Å². The second kappa shape index (κ2) is 10.6. The first kappa shape index (κ1) is 23.0. The second-order valence-electron chi connectivity index (χ2n) is 7.62. The van der Waals surface area contributed by atoms with Gasteiger partial charge in [0.25, 0.3) is 0 Å². The predicted molar refractivity (Wildman–Crippen MR) is 124 cm³/mol. The van der Waals surface area contributed by atoms with Gasteiger partial charge in [-0.05, 0) is 56.0 Å². The summed E-state index contributed by atoms with van der Waals surface area (Å²) in [5, 5.41) is 12.2. The average molecular weight is 435 g/mol. The van der Waals surface area contributed by atoms with Gasteiger partial charge in [0.05, 0.1) is 23.6 Å². The van der Waals surface area contributed by atoms with Crippen LogP contribution in [-0.2, 0) is 11.3 Å². The van der Waals surface area contributed by atoms with Crippen LogP contribution in [0.1, 0.15) is 36.2 Å². The number of rotatable bonds is 10. The van der Waals surface area contributed by atoms with Crippen LogP contribution in [0.25, 0.3) is 22.4 Å². The van der Waals surface area contributed by atoms with Gasteiger partial charge in [-0.3, -0.25) is 9.67 Å². The zero-order valence-corrected chi connectivity index (χ0v) is 18.0. The number of aryl methyl sites for hydroxylation is 2. The van der Waals surface area contributed by atoms with Crippen molar-refractivity contribution in [2.75, 3.05) is 0 Å². The van der Waals surface area contributed by atoms with Crippen molar-refractivity contribution in [3.63, 3.8) is 0 Å². The number of hydrogen-bond acceptors (Lipinski definition) is 6. The van der Waals surface area contributed by atoms with Gasteiger partial charge in [-0.1, -0.05) is 12.1 Å². The summed E-state index contributed by atoms with van der Waals surface area (Å²) >= 11 is 0. The van der Waals surface area contributed by atoms with Crippen molar-refractivity contribution in [1.82, 2.24) is 14.8 Å². The lowest BCUT2D eigenvalue weighted by Gasteiger charge is -2.10. The molecule has 0 aliphatic carbocycles. The number of hydrogen-bond donors (Lipinski definition) is 3. The molecule has 166 valence electrons. The van der Waals surface area contributed by atoms with Crippen molar-refractivity contribution in [2.45, 2.75) is 38.8 Å². The highest BCUT2D eigenvalue weighted by atomic mass is 19.1. The predicted octanol–water partition coefficient (Wildman–Crippen LogP) is 3.57. The molecule has 2 heterocycles. The minimum absolute atomic E-state index is 0.352. The maximum atomic E-state index is 14.6. The smallest absolute Gasteiger partial charge is 0.136 e. The van der Waals surface area contributed by atoms with Gasteiger partial charge in [0.1, 0.15) is 12.1 Å². The molecule has 3 aromatic rings. The molecule has 1 aromatic carbocycles. The minimum Gasteiger partial charge on any atom is -0.396 e. The zero-order valence-electron chi connectivity index (χ0n) is 18.0. The molecule has 1 unspecified atom stereocenters. The summed E-state index contributed by atoms with van der Waals surface area (Å²) in [7, 11) is 0. The van der Waals surface area contributed by atoms with E-state index in [0.29, 0.717) is 46.6 Å². The molecule has 5 N–H and O–H groups in total. The lowest BCUT2D eigenvalue weighted by molar-refractivity contribution is -0.109. The number of pyridine rings is 1. The molecule has 0 amide bonds. The molecule has 2 aromatic heterocycles. The van der Waals surface area contributed by atoms with Gasteiger partial charge in [0.2, 0.25) is 0 Å². The lowest BCUT2D eigenvalue weighted by Crippen LogP contribution is -2.21. The number of carbonyl (C=O) groups is 1. The highest BCUT2D eigenvalue weighted by molar-refractivity contribution is 6.17. The van der Waals surface area contributed by atoms with Crippen LogP contribution in [0.15, 0.2) is 48.8 Å². The first-order chi connectivity index (χ1) is 15.4. The normalized spacial score (nSPS) is 12.8. The first-order valence-corrected chi connectivity index (χ1v) is 10.4. The third kappa shape index (κ3) is 5.53. The molecule has 1 atom stereocenters. The summed E-state index contributed by atoms with van der Waals surface area (Å²) in [5.41, 5.74) is 15.7. The fraction of sp³-hybridized carbons (Fsp3) is 0.250. The van der Waals surface area contributed by atoms with E-state index in [-0.39, 0.29) is 5.82 Å². The molecule has 7 nitrogen and oxygen atoms in total. The number of nitrogens with two attached hydrogens (primary N) is 2. The Balaban J connectivity index is 1.84. The molecule has 0 aliphatic heterocycles. The molecule has 3 rings (SSSR count). The molecule has 32 heavy (non-hydrogen) atoms. The molecule has 0 saturated carbocycles. The molecule has 0 fully saturated rings. The maximum Gasteiger partial charge on any atom is 0.136 e. The van der Waals surface area contributed by atoms with Crippen LogP contribution in [0.5, 0.6) is 0 Å². The maximum absolute atomic E-state index is 14.6. The van der Waals surface area contributed by atoms with E-state index < -0.39 is 6.04 Å². The van der Waals surface area contributed by atoms with Crippen LogP contribution in [0.3, 0.4) is 0 Å². The Morgan fingerprint density at radius 3 is 2.81 bits per heavy atom. The van der Waals surface area contributed by atoms with Crippen LogP contribution in [-0.4, -0.2) is 33.3 Å². The van der Waals surface area contributed by atoms with Crippen molar-refractivity contribution in [3.05, 3.63) is 71.6 Å². The average Bonchev–Trinajstić information content (AvgIpc) is 3.26. The molecule has 0 radical (unpaired) electrons. The zero-order chi connectivity index (χ0) is 23.1. The number of benzene rings is 1. The summed E-state index contributed by atoms with van der Waals surface area (Å²) in [6.45, 7) is 2.51. The number of allylic oxidation sites excluding steroid dienone is 1. The van der Waals surface area contributed by atoms with Crippen molar-refractivity contribution < 1.29 is 9.18 Å². The van der Waals surface area contributed by atoms with E-state index in [1.54, 1.807) is 35.3 Å². The first-order valence-electron chi connectivity index (χ1n) is 10.4. The van der Waals surface area contributed by atoms with Gasteiger partial charge in [-0.15, -0.1) is 0 Å². The highest BCUT2D eigenvalue weighted by Gasteiger charge is 2.13. The van der Waals surface area contributed by atoms with Gasteiger partial charge >= 0.3 is 0 Å². The summed E-state index contributed by atoms with van der Waals surface area (Å²) in [6, 6.07) is 9.70. The van der Waals surface area contributed by atoms with Crippen molar-refractivity contribution in [3.8, 4) is 11.1 Å². The van der Waals surface area contributed by atoms with Gasteiger partial charge < -0.3 is 21.7 Å². The number of aromatic nitrogens is 3. The molecule has 8 heteroatoms. The van der Waals surface area contributed by atoms with E-state index in [2.05, 4.69) is 10.1 Å². The van der Waals surface area contributed by atoms with Crippen molar-refractivity contribution >= 4 is 23.8 Å². The number of halogens is 1. The van der Waals surface area contributed by atoms with Gasteiger partial charge in [0.15, 0.2) is 0 Å². The Morgan fingerprint density at radius 1 is 1.28 bits per heavy atom. The fourth-order valence-electron chi connectivity index (χ4n) is 3.41. The molecule has 0 saturated heterocycles. The van der Waals surface area contributed by atoms with Crippen LogP contribution >= 0.6 is 0 Å². The molecule has 0 bridgehead atoms. The van der Waals surface area contributed by atoms with E-state index in [1.807, 2.05) is 19.1 Å². The second-order valence-corrected chi connectivity index (χ2v) is 7.62. The minimum atomic E-state index is -0.432. The third-order valence-corrected chi connectivity index (χ3v) is 5.17. The number of aldehydes is 1. The number of unbranched alkanes of at least 4 members (excludes halogenated alkanes) is 1. The van der Waals surface area contributed by atoms with E-state index >= 15 is 0 Å². The summed E-state index contributed by atoms with van der Waals surface area (Å²) in [5.74, 6) is -0.387. The van der Waals surface area contributed by atoms with Crippen LogP contribution < -0.4 is 11.5 Å². The number of nitrogens with one attached hydrogen (secondary N) is 1. The van der Waals surface area contributed by atoms with Gasteiger partial charge in [-0.25, -0.2) is 4.39 Å². The molecular formula is C24H27FN6O. The van der Waals surface area contributed by atoms with Gasteiger partial charge in [-0.2, -0.15) is 5.10 Å². The van der Waals surface area contributed by atoms with Crippen molar-refractivity contribution in [2.24, 2.45) is 11.5 Å². The summed E-state index contributed by atoms with van der Waals surface area (Å²) < 4.78 is 16.4. The van der Waals surface area contributed by atoms with Crippen molar-refractivity contribution in [1.29, 1.82) is 5.41 Å². The molecule has 0 spiro atoms. The summed E-state index contributed by atoms with van der Waals surface area (Å²) in [4.78, 5) is 15.0. The Kier molecular flexibility index (Phi) is 7.62. The third-order valence-electron chi connectivity index (χ3n) is 5.17. The van der Waals surface area contributed by atoms with Crippen LogP contribution in [0.2, 0.25) is 0 Å². The summed E-state index contributed by atoms with van der Waals surface area (Å²) in [6.07, 6.45) is 7.54. The largest absolute Gasteiger partial charge is 0.396 e. The molecule has 0 aliphatic rings. The van der Waals surface area contributed by atoms with Crippen LogP contribution in [0.4, 0.5) is 4.39 Å². The lowest BCUT2D eigenvalue weighted by atomic mass is 9.98. The monoisotopic (exact) mass is 434 g/mol. The number of carbonyl (C=O) groups excluding carboxylic acids is 1. The van der Waals surface area contributed by atoms with E-state index in [1.165, 1.54) is 6.07 Å².